The van der Waals surface area contributed by atoms with Gasteiger partial charge in [-0.2, -0.15) is 0 Å². The van der Waals surface area contributed by atoms with Crippen LogP contribution < -0.4 is 10.9 Å². The number of carbonyl (C=O) groups excluding carboxylic acids is 2. The molecular formula is C22H17N3O4S. The summed E-state index contributed by atoms with van der Waals surface area (Å²) in [6.07, 6.45) is 1.38. The zero-order valence-corrected chi connectivity index (χ0v) is 16.8. The first-order chi connectivity index (χ1) is 14.6. The topological polar surface area (TPSA) is 90.3 Å². The number of fused-ring (bicyclic) bond motifs is 1. The van der Waals surface area contributed by atoms with E-state index in [0.29, 0.717) is 21.5 Å². The zero-order valence-electron chi connectivity index (χ0n) is 16.0. The maximum Gasteiger partial charge on any atom is 0.337 e. The molecule has 0 saturated heterocycles. The van der Waals surface area contributed by atoms with Gasteiger partial charge in [-0.25, -0.2) is 9.78 Å². The quantitative estimate of drug-likeness (QED) is 0.500. The number of esters is 1. The number of benzene rings is 2. The number of rotatable bonds is 5. The van der Waals surface area contributed by atoms with Crippen LogP contribution in [0.4, 0.5) is 5.69 Å². The molecular weight excluding hydrogens is 402 g/mol. The summed E-state index contributed by atoms with van der Waals surface area (Å²) in [5.74, 6) is -0.903. The highest BCUT2D eigenvalue weighted by molar-refractivity contribution is 7.17. The Morgan fingerprint density at radius 3 is 2.70 bits per heavy atom. The minimum absolute atomic E-state index is 0.200. The lowest BCUT2D eigenvalue weighted by molar-refractivity contribution is -0.116. The minimum atomic E-state index is -0.497. The molecule has 2 aromatic carbocycles. The van der Waals surface area contributed by atoms with Gasteiger partial charge in [-0.15, -0.1) is 11.3 Å². The van der Waals surface area contributed by atoms with Crippen molar-refractivity contribution in [3.8, 4) is 11.1 Å². The van der Waals surface area contributed by atoms with Crippen molar-refractivity contribution >= 4 is 39.1 Å². The molecule has 0 aliphatic heterocycles. The summed E-state index contributed by atoms with van der Waals surface area (Å²) in [4.78, 5) is 42.2. The van der Waals surface area contributed by atoms with Gasteiger partial charge in [0.1, 0.15) is 11.4 Å². The molecule has 4 aromatic rings. The molecule has 30 heavy (non-hydrogen) atoms. The second-order valence-electron chi connectivity index (χ2n) is 6.49. The van der Waals surface area contributed by atoms with E-state index in [-0.39, 0.29) is 12.1 Å². The van der Waals surface area contributed by atoms with Crippen LogP contribution in [0.5, 0.6) is 0 Å². The van der Waals surface area contributed by atoms with Crippen molar-refractivity contribution in [3.63, 3.8) is 0 Å². The number of methoxy groups -OCH3 is 1. The fourth-order valence-corrected chi connectivity index (χ4v) is 4.01. The van der Waals surface area contributed by atoms with Crippen molar-refractivity contribution in [2.24, 2.45) is 0 Å². The molecule has 0 fully saturated rings. The highest BCUT2D eigenvalue weighted by Gasteiger charge is 2.15. The van der Waals surface area contributed by atoms with Crippen LogP contribution in [0.15, 0.2) is 71.1 Å². The highest BCUT2D eigenvalue weighted by Crippen LogP contribution is 2.30. The Hall–Kier alpha value is -3.78. The summed E-state index contributed by atoms with van der Waals surface area (Å²) in [5.41, 5.74) is 2.20. The van der Waals surface area contributed by atoms with E-state index < -0.39 is 11.9 Å². The number of amides is 1. The summed E-state index contributed by atoms with van der Waals surface area (Å²) < 4.78 is 5.96. The van der Waals surface area contributed by atoms with Gasteiger partial charge in [0.25, 0.3) is 5.56 Å². The first-order valence-electron chi connectivity index (χ1n) is 9.07. The first-order valence-corrected chi connectivity index (χ1v) is 9.95. The van der Waals surface area contributed by atoms with E-state index in [9.17, 15) is 14.4 Å². The molecule has 0 radical (unpaired) electrons. The Balaban J connectivity index is 1.60. The molecule has 1 amide bonds. The molecule has 0 aliphatic carbocycles. The fraction of sp³-hybridized carbons (Fsp3) is 0.0909. The number of thiophene rings is 1. The van der Waals surface area contributed by atoms with Gasteiger partial charge in [0.2, 0.25) is 5.91 Å². The predicted molar refractivity (Wildman–Crippen MR) is 116 cm³/mol. The van der Waals surface area contributed by atoms with E-state index in [2.05, 4.69) is 15.0 Å². The SMILES string of the molecule is COC(=O)c1cccc(NC(=O)Cn2cnc3scc(-c4ccccc4)c3c2=O)c1. The maximum atomic E-state index is 13.0. The molecule has 0 atom stereocenters. The third kappa shape index (κ3) is 3.85. The number of hydrogen-bond donors (Lipinski definition) is 1. The summed E-state index contributed by atoms with van der Waals surface area (Å²) >= 11 is 1.39. The number of nitrogens with zero attached hydrogens (tertiary/aromatic N) is 2. The summed E-state index contributed by atoms with van der Waals surface area (Å²) in [5, 5.41) is 5.09. The standard InChI is InChI=1S/C22H17N3O4S/c1-29-22(28)15-8-5-9-16(10-15)24-18(26)11-25-13-23-20-19(21(25)27)17(12-30-20)14-6-3-2-4-7-14/h2-10,12-13H,11H2,1H3,(H,24,26). The average Bonchev–Trinajstić information content (AvgIpc) is 3.21. The van der Waals surface area contributed by atoms with Gasteiger partial charge in [0, 0.05) is 16.6 Å². The van der Waals surface area contributed by atoms with E-state index >= 15 is 0 Å². The summed E-state index contributed by atoms with van der Waals surface area (Å²) in [6.45, 7) is -0.200. The number of ether oxygens (including phenoxy) is 1. The first kappa shape index (κ1) is 19.5. The monoisotopic (exact) mass is 419 g/mol. The van der Waals surface area contributed by atoms with Crippen molar-refractivity contribution in [2.45, 2.75) is 6.54 Å². The highest BCUT2D eigenvalue weighted by atomic mass is 32.1. The largest absolute Gasteiger partial charge is 0.465 e. The fourth-order valence-electron chi connectivity index (χ4n) is 3.11. The van der Waals surface area contributed by atoms with Crippen molar-refractivity contribution in [2.75, 3.05) is 12.4 Å². The summed E-state index contributed by atoms with van der Waals surface area (Å²) in [6, 6.07) is 16.0. The molecule has 0 bridgehead atoms. The molecule has 0 spiro atoms. The number of nitrogens with one attached hydrogen (secondary N) is 1. The third-order valence-corrected chi connectivity index (χ3v) is 5.41. The average molecular weight is 419 g/mol. The molecule has 0 aliphatic rings. The second-order valence-corrected chi connectivity index (χ2v) is 7.35. The van der Waals surface area contributed by atoms with Gasteiger partial charge in [-0.3, -0.25) is 14.2 Å². The number of anilines is 1. The Bertz CT molecular complexity index is 1290. The molecule has 1 N–H and O–H groups in total. The van der Waals surface area contributed by atoms with Gasteiger partial charge in [0.15, 0.2) is 0 Å². The van der Waals surface area contributed by atoms with Crippen molar-refractivity contribution in [3.05, 3.63) is 82.2 Å². The Morgan fingerprint density at radius 1 is 1.13 bits per heavy atom. The van der Waals surface area contributed by atoms with E-state index in [1.807, 2.05) is 35.7 Å². The van der Waals surface area contributed by atoms with E-state index in [1.165, 1.54) is 35.4 Å². The maximum absolute atomic E-state index is 13.0. The van der Waals surface area contributed by atoms with Crippen LogP contribution in [-0.4, -0.2) is 28.5 Å². The van der Waals surface area contributed by atoms with Crippen molar-refractivity contribution in [1.29, 1.82) is 0 Å². The van der Waals surface area contributed by atoms with Gasteiger partial charge in [0.05, 0.1) is 24.4 Å². The van der Waals surface area contributed by atoms with Crippen molar-refractivity contribution in [1.82, 2.24) is 9.55 Å². The molecule has 2 aromatic heterocycles. The number of carbonyl (C=O) groups is 2. The lowest BCUT2D eigenvalue weighted by atomic mass is 10.1. The van der Waals surface area contributed by atoms with Crippen LogP contribution in [0.25, 0.3) is 21.3 Å². The van der Waals surface area contributed by atoms with E-state index in [0.717, 1.165) is 11.1 Å². The van der Waals surface area contributed by atoms with Crippen LogP contribution in [-0.2, 0) is 16.1 Å². The third-order valence-electron chi connectivity index (χ3n) is 4.53. The van der Waals surface area contributed by atoms with Gasteiger partial charge < -0.3 is 10.1 Å². The summed E-state index contributed by atoms with van der Waals surface area (Å²) in [7, 11) is 1.29. The van der Waals surface area contributed by atoms with Gasteiger partial charge >= 0.3 is 5.97 Å². The zero-order chi connectivity index (χ0) is 21.1. The molecule has 7 nitrogen and oxygen atoms in total. The van der Waals surface area contributed by atoms with Crippen LogP contribution >= 0.6 is 11.3 Å². The van der Waals surface area contributed by atoms with Crippen LogP contribution in [0.3, 0.4) is 0 Å². The van der Waals surface area contributed by atoms with Crippen LogP contribution in [0.2, 0.25) is 0 Å². The lowest BCUT2D eigenvalue weighted by Gasteiger charge is -2.09. The lowest BCUT2D eigenvalue weighted by Crippen LogP contribution is -2.27. The smallest absolute Gasteiger partial charge is 0.337 e. The second kappa shape index (κ2) is 8.30. The molecule has 4 rings (SSSR count). The van der Waals surface area contributed by atoms with Crippen LogP contribution in [0, 0.1) is 0 Å². The van der Waals surface area contributed by atoms with Crippen LogP contribution in [0.1, 0.15) is 10.4 Å². The van der Waals surface area contributed by atoms with E-state index in [1.54, 1.807) is 18.2 Å². The Labute approximate surface area is 175 Å². The molecule has 0 unspecified atom stereocenters. The minimum Gasteiger partial charge on any atom is -0.465 e. The number of hydrogen-bond acceptors (Lipinski definition) is 6. The molecule has 150 valence electrons. The molecule has 2 heterocycles. The van der Waals surface area contributed by atoms with Crippen molar-refractivity contribution < 1.29 is 14.3 Å². The molecule has 0 saturated carbocycles. The Kier molecular flexibility index (Phi) is 5.40. The number of aromatic nitrogens is 2. The Morgan fingerprint density at radius 2 is 1.93 bits per heavy atom. The van der Waals surface area contributed by atoms with Gasteiger partial charge in [-0.1, -0.05) is 36.4 Å². The van der Waals surface area contributed by atoms with E-state index in [4.69, 9.17) is 0 Å². The molecule has 8 heteroatoms. The normalized spacial score (nSPS) is 10.7. The van der Waals surface area contributed by atoms with Gasteiger partial charge in [-0.05, 0) is 23.8 Å². The predicted octanol–water partition coefficient (Wildman–Crippen LogP) is 3.55.